The molecule has 0 bridgehead atoms. The molecule has 0 saturated carbocycles. The van der Waals surface area contributed by atoms with Crippen molar-refractivity contribution in [2.45, 2.75) is 80.2 Å². The van der Waals surface area contributed by atoms with Crippen LogP contribution in [-0.2, 0) is 28.2 Å². The van der Waals surface area contributed by atoms with Crippen LogP contribution in [-0.4, -0.2) is 52.9 Å². The largest absolute Gasteiger partial charge is 0.506 e. The quantitative estimate of drug-likeness (QED) is 0.125. The number of hydrogen-bond donors (Lipinski definition) is 4. The van der Waals surface area contributed by atoms with Crippen molar-refractivity contribution in [3.8, 4) is 11.5 Å². The first kappa shape index (κ1) is 63.0. The molecule has 54 heavy (non-hydrogen) atoms. The SMILES string of the molecule is C.CC(C)OC(=O)[C@H](C)N.CC(C)OC(=O)[C@H](C)NP(=O)(O)Oc1ccccc1.CP(=O)(Cl)Cl.Cc1ccc(Cl)cc1Cl.Cl.Oc1ccc(Cl)cc1Cl.[Ar]. The number of carbonyl (C=O) groups is 2. The van der Waals surface area contributed by atoms with E-state index in [0.717, 1.165) is 10.6 Å². The number of phenols is 1. The number of nitrogens with one attached hydrogen (secondary N) is 1. The van der Waals surface area contributed by atoms with Crippen LogP contribution in [0.3, 0.4) is 0 Å². The van der Waals surface area contributed by atoms with Crippen LogP contribution in [0.25, 0.3) is 0 Å². The van der Waals surface area contributed by atoms with Crippen molar-refractivity contribution < 1.29 is 80.5 Å². The Morgan fingerprint density at radius 2 is 1.19 bits per heavy atom. The molecule has 5 N–H and O–H groups in total. The summed E-state index contributed by atoms with van der Waals surface area (Å²) in [5, 5.41) is 13.3. The van der Waals surface area contributed by atoms with Gasteiger partial charge in [-0.25, -0.2) is 4.57 Å². The molecule has 0 fully saturated rings. The first-order valence-corrected chi connectivity index (χ1v) is 21.8. The van der Waals surface area contributed by atoms with E-state index in [0.29, 0.717) is 10.0 Å². The van der Waals surface area contributed by atoms with E-state index in [1.807, 2.05) is 19.1 Å². The van der Waals surface area contributed by atoms with Crippen LogP contribution in [0.5, 0.6) is 11.5 Å². The van der Waals surface area contributed by atoms with Gasteiger partial charge >= 0.3 is 19.7 Å². The summed E-state index contributed by atoms with van der Waals surface area (Å²) in [5.74, 6) is -3.35. The maximum absolute atomic E-state index is 11.8. The molecule has 0 aromatic heterocycles. The number of aromatic hydroxyl groups is 1. The van der Waals surface area contributed by atoms with Gasteiger partial charge in [0.15, 0.2) is 0 Å². The van der Waals surface area contributed by atoms with Crippen LogP contribution < -0.4 is 15.3 Å². The zero-order valence-corrected chi connectivity index (χ0v) is 37.8. The molecule has 312 valence electrons. The van der Waals surface area contributed by atoms with E-state index in [9.17, 15) is 23.6 Å². The molecule has 3 aromatic rings. The van der Waals surface area contributed by atoms with E-state index in [1.165, 1.54) is 25.7 Å². The number of carbonyl (C=O) groups excluding carboxylic acids is 2. The van der Waals surface area contributed by atoms with Crippen molar-refractivity contribution in [1.82, 2.24) is 5.09 Å². The number of esters is 2. The summed E-state index contributed by atoms with van der Waals surface area (Å²) in [6.07, 6.45) is -0.353. The van der Waals surface area contributed by atoms with Gasteiger partial charge in [-0.1, -0.05) is 78.1 Å². The Kier molecular flexibility index (Phi) is 38.2. The average Bonchev–Trinajstić information content (AvgIpc) is 2.97. The number of para-hydroxylation sites is 1. The third kappa shape index (κ3) is 37.4. The molecule has 3 aromatic carbocycles. The second kappa shape index (κ2) is 32.7. The summed E-state index contributed by atoms with van der Waals surface area (Å²) in [6, 6.07) is 16.7. The van der Waals surface area contributed by atoms with E-state index in [4.69, 9.17) is 93.7 Å². The van der Waals surface area contributed by atoms with Crippen LogP contribution in [0.2, 0.25) is 20.1 Å². The van der Waals surface area contributed by atoms with Gasteiger partial charge in [-0.2, -0.15) is 5.09 Å². The number of hydrogen-bond acceptors (Lipinski definition) is 9. The third-order valence-corrected chi connectivity index (χ3v) is 7.15. The molecule has 3 rings (SSSR count). The molecular weight excluding hydrogens is 918 g/mol. The minimum absolute atomic E-state index is 0. The zero-order valence-electron chi connectivity index (χ0n) is 29.9. The topological polar surface area (TPSA) is 174 Å². The standard InChI is InChI=1S/C12H18NO5P.C7H6Cl2.C6H4Cl2O.C6H13NO2.CH3Cl2OP.CH4.Ar.ClH/c1-9(2)17-12(14)10(3)13-19(15,16)18-11-7-5-4-6-8-11;1-5-2-3-6(8)4-7(5)9;7-4-1-2-6(9)5(8)3-4;1-4(2)9-6(8)5(3)7;1-5(2,3)4;;;/h4-10H,1-3H3,(H2,13,15,16);2-4H,1H3;1-3,9H;4-5H,7H2,1-3H3;1H3;1H4;;1H/t10-;;;5-;;;;/m0..0..../s1. The van der Waals surface area contributed by atoms with Gasteiger partial charge in [0, 0.05) is 59.5 Å². The van der Waals surface area contributed by atoms with E-state index < -0.39 is 31.6 Å². The van der Waals surface area contributed by atoms with Gasteiger partial charge in [0.05, 0.1) is 17.2 Å². The molecule has 0 radical (unpaired) electrons. The molecule has 0 spiro atoms. The van der Waals surface area contributed by atoms with Gasteiger partial charge in [-0.05, 0) is 119 Å². The van der Waals surface area contributed by atoms with Crippen LogP contribution in [0, 0.1) is 44.7 Å². The van der Waals surface area contributed by atoms with Crippen molar-refractivity contribution in [3.63, 3.8) is 0 Å². The van der Waals surface area contributed by atoms with Crippen molar-refractivity contribution in [2.24, 2.45) is 5.73 Å². The van der Waals surface area contributed by atoms with Crippen molar-refractivity contribution in [2.75, 3.05) is 6.66 Å². The first-order valence-electron chi connectivity index (χ1n) is 14.8. The summed E-state index contributed by atoms with van der Waals surface area (Å²) in [7, 11) is -4.12. The van der Waals surface area contributed by atoms with E-state index in [2.05, 4.69) is 5.09 Å². The fourth-order valence-corrected chi connectivity index (χ4v) is 4.54. The monoisotopic (exact) mass is 964 g/mol. The predicted octanol–water partition coefficient (Wildman–Crippen LogP) is 11.7. The second-order valence-corrected chi connectivity index (χ2v) is 19.8. The van der Waals surface area contributed by atoms with Crippen LogP contribution in [0.4, 0.5) is 0 Å². The van der Waals surface area contributed by atoms with E-state index in [1.54, 1.807) is 77.1 Å². The molecule has 3 atom stereocenters. The molecule has 0 aliphatic rings. The summed E-state index contributed by atoms with van der Waals surface area (Å²) in [4.78, 5) is 31.8. The number of phenolic OH excluding ortho intramolecular Hbond substituents is 1. The molecular formula is C33H49ArCl7N2O9P2. The fraction of sp³-hybridized carbons (Fsp3) is 0.394. The van der Waals surface area contributed by atoms with Gasteiger partial charge in [-0.15, -0.1) is 12.4 Å². The van der Waals surface area contributed by atoms with Gasteiger partial charge in [0.25, 0.3) is 0 Å². The number of ether oxygens (including phenoxy) is 2. The molecule has 1 unspecified atom stereocenters. The summed E-state index contributed by atoms with van der Waals surface area (Å²) in [6.45, 7) is 13.2. The summed E-state index contributed by atoms with van der Waals surface area (Å²) >= 11 is 32.1. The molecule has 0 heterocycles. The fourth-order valence-electron chi connectivity index (χ4n) is 2.67. The third-order valence-electron chi connectivity index (χ3n) is 4.80. The van der Waals surface area contributed by atoms with Crippen LogP contribution in [0.15, 0.2) is 66.7 Å². The Labute approximate surface area is 385 Å². The predicted molar refractivity (Wildman–Crippen MR) is 224 cm³/mol. The Hall–Kier alpha value is -0.170. The molecule has 21 heteroatoms. The first-order chi connectivity index (χ1) is 23.2. The number of aryl methyl sites for hydroxylation is 1. The second-order valence-electron chi connectivity index (χ2n) is 10.7. The Morgan fingerprint density at radius 1 is 0.778 bits per heavy atom. The maximum atomic E-state index is 11.8. The molecule has 11 nitrogen and oxygen atoms in total. The molecule has 0 saturated heterocycles. The van der Waals surface area contributed by atoms with Gasteiger partial charge in [0.2, 0.25) is 5.85 Å². The number of nitrogens with two attached hydrogens (primary N) is 1. The van der Waals surface area contributed by atoms with Gasteiger partial charge in [-0.3, -0.25) is 14.2 Å². The van der Waals surface area contributed by atoms with Gasteiger partial charge in [0.1, 0.15) is 23.6 Å². The minimum atomic E-state index is -4.12. The normalized spacial score (nSPS) is 12.0. The number of rotatable bonds is 8. The van der Waals surface area contributed by atoms with E-state index >= 15 is 0 Å². The Balaban J connectivity index is -0.000000196. The number of benzene rings is 3. The van der Waals surface area contributed by atoms with Crippen molar-refractivity contribution >= 4 is 107 Å². The summed E-state index contributed by atoms with van der Waals surface area (Å²) < 4.78 is 36.1. The zero-order chi connectivity index (χ0) is 40.1. The smallest absolute Gasteiger partial charge is 0.456 e. The molecule has 0 aliphatic heterocycles. The molecule has 0 aliphatic carbocycles. The minimum Gasteiger partial charge on any atom is -0.506 e. The van der Waals surface area contributed by atoms with Gasteiger partial charge < -0.3 is 29.7 Å². The average molecular weight is 968 g/mol. The number of halogens is 7. The Morgan fingerprint density at radius 3 is 1.52 bits per heavy atom. The Bertz CT molecular complexity index is 1530. The van der Waals surface area contributed by atoms with Crippen molar-refractivity contribution in [1.29, 1.82) is 0 Å². The summed E-state index contributed by atoms with van der Waals surface area (Å²) in [5.41, 5.74) is 6.27. The van der Waals surface area contributed by atoms with Crippen LogP contribution in [0.1, 0.15) is 54.5 Å². The van der Waals surface area contributed by atoms with Crippen molar-refractivity contribution in [3.05, 3.63) is 92.4 Å². The van der Waals surface area contributed by atoms with E-state index in [-0.39, 0.29) is 92.3 Å². The molecule has 0 amide bonds. The maximum Gasteiger partial charge on any atom is 0.456 e. The van der Waals surface area contributed by atoms with Crippen LogP contribution >= 0.6 is 94.9 Å².